The fourth-order valence-electron chi connectivity index (χ4n) is 4.42. The van der Waals surface area contributed by atoms with Gasteiger partial charge in [0.2, 0.25) is 0 Å². The minimum Gasteiger partial charge on any atom is -0.493 e. The molecule has 1 unspecified atom stereocenters. The van der Waals surface area contributed by atoms with Crippen molar-refractivity contribution in [2.45, 2.75) is 25.9 Å². The maximum absolute atomic E-state index is 13.7. The molecule has 0 fully saturated rings. The number of benzene rings is 2. The number of nitrogens with zero attached hydrogens (tertiary/aromatic N) is 4. The first kappa shape index (κ1) is 20.5. The van der Waals surface area contributed by atoms with E-state index in [1.54, 1.807) is 25.6 Å². The van der Waals surface area contributed by atoms with E-state index in [4.69, 9.17) is 9.47 Å². The maximum Gasteiger partial charge on any atom is 0.254 e. The molecule has 0 spiro atoms. The maximum atomic E-state index is 13.7. The molecule has 0 aliphatic carbocycles. The van der Waals surface area contributed by atoms with E-state index in [2.05, 4.69) is 16.4 Å². The summed E-state index contributed by atoms with van der Waals surface area (Å²) in [5, 5.41) is 10.4. The van der Waals surface area contributed by atoms with Gasteiger partial charge in [-0.1, -0.05) is 11.3 Å². The van der Waals surface area contributed by atoms with Crippen LogP contribution in [0.5, 0.6) is 11.5 Å². The van der Waals surface area contributed by atoms with Crippen LogP contribution in [0.2, 0.25) is 0 Å². The van der Waals surface area contributed by atoms with Gasteiger partial charge in [0.05, 0.1) is 25.8 Å². The third kappa shape index (κ3) is 3.31. The van der Waals surface area contributed by atoms with Crippen molar-refractivity contribution in [1.29, 1.82) is 0 Å². The highest BCUT2D eigenvalue weighted by Gasteiger charge is 2.34. The molecule has 8 heteroatoms. The molecule has 0 radical (unpaired) electrons. The number of thiophene rings is 1. The zero-order valence-electron chi connectivity index (χ0n) is 18.2. The van der Waals surface area contributed by atoms with Gasteiger partial charge in [0.1, 0.15) is 5.52 Å². The average Bonchev–Trinajstić information content (AvgIpc) is 3.51. The summed E-state index contributed by atoms with van der Waals surface area (Å²) < 4.78 is 12.9. The summed E-state index contributed by atoms with van der Waals surface area (Å²) in [6, 6.07) is 13.6. The molecule has 0 N–H and O–H groups in total. The number of carbonyl (C=O) groups excluding carboxylic acids is 1. The Morgan fingerprint density at radius 3 is 2.69 bits per heavy atom. The summed E-state index contributed by atoms with van der Waals surface area (Å²) in [6.45, 7) is 3.37. The smallest absolute Gasteiger partial charge is 0.254 e. The number of amides is 1. The van der Waals surface area contributed by atoms with Gasteiger partial charge in [-0.2, -0.15) is 0 Å². The molecule has 1 atom stereocenters. The molecule has 1 aliphatic heterocycles. The van der Waals surface area contributed by atoms with Gasteiger partial charge in [-0.3, -0.25) is 4.79 Å². The molecule has 164 valence electrons. The van der Waals surface area contributed by atoms with Gasteiger partial charge in [0.15, 0.2) is 11.5 Å². The Morgan fingerprint density at radius 1 is 1.16 bits per heavy atom. The highest BCUT2D eigenvalue weighted by molar-refractivity contribution is 7.10. The van der Waals surface area contributed by atoms with E-state index < -0.39 is 0 Å². The van der Waals surface area contributed by atoms with E-state index >= 15 is 0 Å². The minimum absolute atomic E-state index is 0.0169. The lowest BCUT2D eigenvalue weighted by atomic mass is 9.90. The Labute approximate surface area is 190 Å². The molecule has 5 rings (SSSR count). The fraction of sp³-hybridized carbons (Fsp3) is 0.292. The zero-order valence-corrected chi connectivity index (χ0v) is 19.1. The van der Waals surface area contributed by atoms with Gasteiger partial charge in [0, 0.05) is 23.5 Å². The summed E-state index contributed by atoms with van der Waals surface area (Å²) in [7, 11) is 3.28. The molecule has 0 saturated carbocycles. The molecule has 0 bridgehead atoms. The molecule has 7 nitrogen and oxygen atoms in total. The number of rotatable bonds is 5. The number of ether oxygens (including phenoxy) is 2. The van der Waals surface area contributed by atoms with Gasteiger partial charge in [0.25, 0.3) is 5.91 Å². The Hall–Kier alpha value is -3.39. The van der Waals surface area contributed by atoms with Crippen LogP contribution < -0.4 is 9.47 Å². The van der Waals surface area contributed by atoms with Crippen LogP contribution >= 0.6 is 11.3 Å². The predicted molar refractivity (Wildman–Crippen MR) is 124 cm³/mol. The zero-order chi connectivity index (χ0) is 22.2. The topological polar surface area (TPSA) is 69.5 Å². The van der Waals surface area contributed by atoms with Crippen LogP contribution in [0.15, 0.2) is 47.8 Å². The first-order valence-corrected chi connectivity index (χ1v) is 11.4. The molecule has 0 saturated heterocycles. The normalized spacial score (nSPS) is 15.6. The molecule has 1 aliphatic rings. The Balaban J connectivity index is 1.58. The summed E-state index contributed by atoms with van der Waals surface area (Å²) in [6.07, 6.45) is 0.748. The second-order valence-electron chi connectivity index (χ2n) is 7.68. The molecule has 1 amide bonds. The van der Waals surface area contributed by atoms with E-state index in [1.807, 2.05) is 58.3 Å². The minimum atomic E-state index is -0.187. The SMILES string of the molecule is CCn1nnc2cc(C(=O)N3CCc4cc(OC)c(OC)cc4C3c3cccs3)ccc21. The monoisotopic (exact) mass is 448 g/mol. The second kappa shape index (κ2) is 8.27. The average molecular weight is 449 g/mol. The number of hydrogen-bond donors (Lipinski definition) is 0. The molecule has 4 aromatic rings. The van der Waals surface area contributed by atoms with Crippen LogP contribution in [0.1, 0.15) is 39.3 Å². The van der Waals surface area contributed by atoms with Gasteiger partial charge in [-0.25, -0.2) is 4.68 Å². The first-order valence-electron chi connectivity index (χ1n) is 10.6. The van der Waals surface area contributed by atoms with Crippen molar-refractivity contribution < 1.29 is 14.3 Å². The van der Waals surface area contributed by atoms with Crippen molar-refractivity contribution in [2.24, 2.45) is 0 Å². The molecule has 3 heterocycles. The van der Waals surface area contributed by atoms with Crippen molar-refractivity contribution in [1.82, 2.24) is 19.9 Å². The molecular formula is C24H24N4O3S. The second-order valence-corrected chi connectivity index (χ2v) is 8.66. The van der Waals surface area contributed by atoms with Crippen LogP contribution in [0, 0.1) is 0 Å². The Kier molecular flexibility index (Phi) is 5.30. The molecular weight excluding hydrogens is 424 g/mol. The van der Waals surface area contributed by atoms with E-state index in [-0.39, 0.29) is 11.9 Å². The van der Waals surface area contributed by atoms with Gasteiger partial charge >= 0.3 is 0 Å². The van der Waals surface area contributed by atoms with Crippen molar-refractivity contribution in [3.8, 4) is 11.5 Å². The van der Waals surface area contributed by atoms with Crippen LogP contribution in [-0.4, -0.2) is 46.6 Å². The van der Waals surface area contributed by atoms with Crippen LogP contribution in [0.25, 0.3) is 11.0 Å². The number of methoxy groups -OCH3 is 2. The summed E-state index contributed by atoms with van der Waals surface area (Å²) in [5.41, 5.74) is 4.52. The van der Waals surface area contributed by atoms with Crippen LogP contribution in [0.4, 0.5) is 0 Å². The van der Waals surface area contributed by atoms with Crippen molar-refractivity contribution in [3.63, 3.8) is 0 Å². The van der Waals surface area contributed by atoms with Crippen molar-refractivity contribution in [2.75, 3.05) is 20.8 Å². The van der Waals surface area contributed by atoms with E-state index in [9.17, 15) is 4.79 Å². The van der Waals surface area contributed by atoms with E-state index in [1.165, 1.54) is 5.56 Å². The number of fused-ring (bicyclic) bond motifs is 2. The number of aryl methyl sites for hydroxylation is 1. The summed E-state index contributed by atoms with van der Waals surface area (Å²) >= 11 is 1.65. The quantitative estimate of drug-likeness (QED) is 0.455. The molecule has 2 aromatic heterocycles. The predicted octanol–water partition coefficient (Wildman–Crippen LogP) is 4.32. The lowest BCUT2D eigenvalue weighted by molar-refractivity contribution is 0.0697. The van der Waals surface area contributed by atoms with E-state index in [0.717, 1.165) is 34.4 Å². The number of aromatic nitrogens is 3. The first-order chi connectivity index (χ1) is 15.6. The van der Waals surface area contributed by atoms with Crippen LogP contribution in [0.3, 0.4) is 0 Å². The van der Waals surface area contributed by atoms with Crippen molar-refractivity contribution in [3.05, 3.63) is 69.4 Å². The Bertz CT molecular complexity index is 1280. The highest BCUT2D eigenvalue weighted by atomic mass is 32.1. The van der Waals surface area contributed by atoms with Crippen LogP contribution in [-0.2, 0) is 13.0 Å². The van der Waals surface area contributed by atoms with E-state index in [0.29, 0.717) is 23.6 Å². The highest BCUT2D eigenvalue weighted by Crippen LogP contribution is 2.42. The van der Waals surface area contributed by atoms with Gasteiger partial charge in [-0.05, 0) is 66.2 Å². The largest absolute Gasteiger partial charge is 0.493 e. The summed E-state index contributed by atoms with van der Waals surface area (Å²) in [5.74, 6) is 1.36. The molecule has 2 aromatic carbocycles. The van der Waals surface area contributed by atoms with Gasteiger partial charge < -0.3 is 14.4 Å². The number of carbonyl (C=O) groups is 1. The Morgan fingerprint density at radius 2 is 1.97 bits per heavy atom. The summed E-state index contributed by atoms with van der Waals surface area (Å²) in [4.78, 5) is 16.8. The third-order valence-corrected chi connectivity index (χ3v) is 6.93. The standard InChI is InChI=1S/C24H24N4O3S/c1-4-28-19-8-7-16(12-18(19)25-26-28)24(29)27-10-9-15-13-20(30-2)21(31-3)14-17(15)23(27)22-6-5-11-32-22/h5-8,11-14,23H,4,9-10H2,1-3H3. The third-order valence-electron chi connectivity index (χ3n) is 6.01. The molecule has 32 heavy (non-hydrogen) atoms. The van der Waals surface area contributed by atoms with Crippen molar-refractivity contribution >= 4 is 28.3 Å². The number of hydrogen-bond acceptors (Lipinski definition) is 6. The lowest BCUT2D eigenvalue weighted by Crippen LogP contribution is -2.40. The van der Waals surface area contributed by atoms with Gasteiger partial charge in [-0.15, -0.1) is 16.4 Å². The fourth-order valence-corrected chi connectivity index (χ4v) is 5.28. The lowest BCUT2D eigenvalue weighted by Gasteiger charge is -2.37.